The monoisotopic (exact) mass is 688 g/mol. The summed E-state index contributed by atoms with van der Waals surface area (Å²) in [5.74, 6) is -1.41. The highest BCUT2D eigenvalue weighted by molar-refractivity contribution is 7.22. The first kappa shape index (κ1) is 32.3. The summed E-state index contributed by atoms with van der Waals surface area (Å²) in [5, 5.41) is 19.3. The van der Waals surface area contributed by atoms with Crippen molar-refractivity contribution in [3.05, 3.63) is 59.1 Å². The molecule has 3 N–H and O–H groups in total. The highest BCUT2D eigenvalue weighted by Crippen LogP contribution is 2.50. The molecular weight excluding hydrogens is 656 g/mol. The fourth-order valence-corrected chi connectivity index (χ4v) is 8.19. The fourth-order valence-electron chi connectivity index (χ4n) is 7.22. The molecule has 2 bridgehead atoms. The van der Waals surface area contributed by atoms with Crippen LogP contribution >= 0.6 is 11.3 Å². The Morgan fingerprint density at radius 1 is 1.15 bits per heavy atom. The maximum absolute atomic E-state index is 15.0. The molecule has 0 saturated heterocycles. The number of carboxylic acid groups (broad SMARTS) is 1. The molecule has 0 radical (unpaired) electrons. The summed E-state index contributed by atoms with van der Waals surface area (Å²) < 4.78 is 71.7. The number of thiazole rings is 1. The number of carboxylic acids is 1. The normalized spacial score (nSPS) is 23.7. The molecule has 3 unspecified atom stereocenters. The first-order chi connectivity index (χ1) is 22.9. The van der Waals surface area contributed by atoms with Crippen LogP contribution in [0.15, 0.2) is 40.9 Å². The van der Waals surface area contributed by atoms with E-state index in [-0.39, 0.29) is 64.6 Å². The van der Waals surface area contributed by atoms with Crippen molar-refractivity contribution < 1.29 is 46.3 Å². The Morgan fingerprint density at radius 3 is 2.69 bits per heavy atom. The number of alkyl halides is 3. The molecule has 3 saturated carbocycles. The predicted octanol–water partition coefficient (Wildman–Crippen LogP) is 7.11. The molecule has 0 aliphatic heterocycles. The lowest BCUT2D eigenvalue weighted by atomic mass is 9.78. The van der Waals surface area contributed by atoms with E-state index in [1.807, 2.05) is 0 Å². The van der Waals surface area contributed by atoms with E-state index >= 15 is 0 Å². The van der Waals surface area contributed by atoms with Gasteiger partial charge in [-0.2, -0.15) is 0 Å². The standard InChI is InChI=1S/C33H32F4N4O6S/c1-15-8-17-11-24(45-14-21-28(41-47-30(21)16-6-7-16)19-4-2-3-5-23(19)46-33(35,36)37)20(9-15)27(17)39-32-40-29-22(34)10-18(12-25(29)48-32)31(44)38-13-26(42)43/h2-5,10,12,15-17,20,24,27H,6-9,11,13-14H2,1H3,(H,38,44)(H,39,40)(H,42,43)/t15-,17?,20?,24+,27?/m1/s1. The van der Waals surface area contributed by atoms with Gasteiger partial charge in [0.2, 0.25) is 0 Å². The first-order valence-electron chi connectivity index (χ1n) is 15.7. The van der Waals surface area contributed by atoms with Crippen molar-refractivity contribution in [3.8, 4) is 17.0 Å². The molecular formula is C33H32F4N4O6S. The lowest BCUT2D eigenvalue weighted by Gasteiger charge is -2.35. The zero-order chi connectivity index (χ0) is 33.7. The van der Waals surface area contributed by atoms with E-state index in [2.05, 4.69) is 32.4 Å². The van der Waals surface area contributed by atoms with Crippen LogP contribution in [0.2, 0.25) is 0 Å². The van der Waals surface area contributed by atoms with E-state index in [0.29, 0.717) is 27.1 Å². The number of fused-ring (bicyclic) bond motifs is 3. The van der Waals surface area contributed by atoms with Gasteiger partial charge in [-0.1, -0.05) is 35.5 Å². The molecule has 2 heterocycles. The summed E-state index contributed by atoms with van der Waals surface area (Å²) in [6, 6.07) is 8.38. The minimum Gasteiger partial charge on any atom is -0.480 e. The molecule has 1 amide bonds. The molecule has 4 aromatic rings. The molecule has 10 nitrogen and oxygen atoms in total. The molecule has 3 aliphatic carbocycles. The van der Waals surface area contributed by atoms with Crippen molar-refractivity contribution in [1.29, 1.82) is 0 Å². The van der Waals surface area contributed by atoms with Crippen molar-refractivity contribution in [2.45, 2.75) is 70.1 Å². The van der Waals surface area contributed by atoms with Gasteiger partial charge in [-0.05, 0) is 68.2 Å². The number of hydrogen-bond acceptors (Lipinski definition) is 9. The average Bonchev–Trinajstić information content (AvgIpc) is 3.59. The van der Waals surface area contributed by atoms with E-state index < -0.39 is 30.6 Å². The molecule has 254 valence electrons. The number of carbonyl (C=O) groups excluding carboxylic acids is 1. The maximum Gasteiger partial charge on any atom is 0.573 e. The minimum absolute atomic E-state index is 0.00254. The van der Waals surface area contributed by atoms with Gasteiger partial charge in [-0.3, -0.25) is 9.59 Å². The zero-order valence-electron chi connectivity index (χ0n) is 25.7. The van der Waals surface area contributed by atoms with Crippen LogP contribution in [0.25, 0.3) is 21.5 Å². The van der Waals surface area contributed by atoms with Crippen molar-refractivity contribution in [2.24, 2.45) is 17.8 Å². The van der Waals surface area contributed by atoms with Crippen LogP contribution in [0.4, 0.5) is 22.7 Å². The third-order valence-corrected chi connectivity index (χ3v) is 10.3. The molecule has 48 heavy (non-hydrogen) atoms. The van der Waals surface area contributed by atoms with Gasteiger partial charge in [0.1, 0.15) is 29.3 Å². The summed E-state index contributed by atoms with van der Waals surface area (Å²) in [5.41, 5.74) is 1.19. The van der Waals surface area contributed by atoms with Crippen LogP contribution in [0.5, 0.6) is 5.75 Å². The number of benzene rings is 2. The zero-order valence-corrected chi connectivity index (χ0v) is 26.5. The summed E-state index contributed by atoms with van der Waals surface area (Å²) in [6.07, 6.45) is -0.648. The Bertz CT molecular complexity index is 1860. The van der Waals surface area contributed by atoms with Gasteiger partial charge in [-0.25, -0.2) is 9.37 Å². The Morgan fingerprint density at radius 2 is 1.94 bits per heavy atom. The number of aliphatic carboxylic acids is 1. The highest BCUT2D eigenvalue weighted by atomic mass is 32.1. The molecule has 2 aromatic carbocycles. The largest absolute Gasteiger partial charge is 0.573 e. The van der Waals surface area contributed by atoms with Crippen LogP contribution < -0.4 is 15.4 Å². The highest BCUT2D eigenvalue weighted by Gasteiger charge is 2.49. The minimum atomic E-state index is -4.87. The molecule has 0 spiro atoms. The maximum atomic E-state index is 15.0. The lowest BCUT2D eigenvalue weighted by molar-refractivity contribution is -0.274. The Hall–Kier alpha value is -4.24. The second-order valence-electron chi connectivity index (χ2n) is 12.8. The number of nitrogens with one attached hydrogen (secondary N) is 2. The third-order valence-electron chi connectivity index (χ3n) is 9.34. The number of carbonyl (C=O) groups is 2. The van der Waals surface area contributed by atoms with Crippen LogP contribution in [0, 0.1) is 23.6 Å². The Balaban J connectivity index is 1.10. The fraction of sp³-hybridized carbons (Fsp3) is 0.455. The Labute approximate surface area is 275 Å². The number of hydrogen-bond donors (Lipinski definition) is 3. The molecule has 3 aliphatic rings. The van der Waals surface area contributed by atoms with Crippen LogP contribution in [-0.2, 0) is 16.1 Å². The number of rotatable bonds is 11. The van der Waals surface area contributed by atoms with E-state index in [9.17, 15) is 27.2 Å². The van der Waals surface area contributed by atoms with Gasteiger partial charge in [0.05, 0.1) is 17.4 Å². The van der Waals surface area contributed by atoms with E-state index in [1.165, 1.54) is 35.6 Å². The van der Waals surface area contributed by atoms with Crippen molar-refractivity contribution in [1.82, 2.24) is 15.5 Å². The number of amides is 1. The SMILES string of the molecule is C[C@@H]1CC2C[C@H](OCc3c(-c4ccccc4OC(F)(F)F)noc3C3CC3)C(C1)C2Nc1nc2c(F)cc(C(=O)NCC(=O)O)cc2s1. The van der Waals surface area contributed by atoms with Crippen molar-refractivity contribution >= 4 is 38.6 Å². The van der Waals surface area contributed by atoms with E-state index in [4.69, 9.17) is 14.4 Å². The van der Waals surface area contributed by atoms with Crippen LogP contribution in [0.1, 0.15) is 66.6 Å². The molecule has 3 fully saturated rings. The van der Waals surface area contributed by atoms with Crippen LogP contribution in [-0.4, -0.2) is 52.2 Å². The lowest BCUT2D eigenvalue weighted by Crippen LogP contribution is -2.38. The number of aromatic nitrogens is 2. The third kappa shape index (κ3) is 6.70. The smallest absolute Gasteiger partial charge is 0.480 e. The number of anilines is 1. The van der Waals surface area contributed by atoms with E-state index in [0.717, 1.165) is 38.2 Å². The predicted molar refractivity (Wildman–Crippen MR) is 166 cm³/mol. The summed E-state index contributed by atoms with van der Waals surface area (Å²) >= 11 is 1.21. The van der Waals surface area contributed by atoms with Gasteiger partial charge in [-0.15, -0.1) is 13.2 Å². The topological polar surface area (TPSA) is 136 Å². The first-order valence-corrected chi connectivity index (χ1v) is 16.6. The molecule has 5 atom stereocenters. The van der Waals surface area contributed by atoms with Gasteiger partial charge >= 0.3 is 12.3 Å². The summed E-state index contributed by atoms with van der Waals surface area (Å²) in [6.45, 7) is 1.72. The quantitative estimate of drug-likeness (QED) is 0.141. The van der Waals surface area contributed by atoms with Gasteiger partial charge < -0.3 is 29.7 Å². The van der Waals surface area contributed by atoms with Gasteiger partial charge in [0.15, 0.2) is 10.9 Å². The second kappa shape index (κ2) is 12.7. The Kier molecular flexibility index (Phi) is 8.52. The molecule has 15 heteroatoms. The van der Waals surface area contributed by atoms with Crippen molar-refractivity contribution in [2.75, 3.05) is 11.9 Å². The van der Waals surface area contributed by atoms with Crippen molar-refractivity contribution in [3.63, 3.8) is 0 Å². The van der Waals surface area contributed by atoms with Gasteiger partial charge in [0.25, 0.3) is 5.91 Å². The average molecular weight is 689 g/mol. The number of para-hydroxylation sites is 1. The summed E-state index contributed by atoms with van der Waals surface area (Å²) in [4.78, 5) is 27.7. The number of nitrogens with zero attached hydrogens (tertiary/aromatic N) is 2. The molecule has 2 aromatic heterocycles. The number of halogens is 4. The van der Waals surface area contributed by atoms with Gasteiger partial charge in [0, 0.05) is 34.6 Å². The molecule has 7 rings (SSSR count). The van der Waals surface area contributed by atoms with Crippen LogP contribution in [0.3, 0.4) is 0 Å². The van der Waals surface area contributed by atoms with E-state index in [1.54, 1.807) is 6.07 Å². The second-order valence-corrected chi connectivity index (χ2v) is 13.9. The number of ether oxygens (including phenoxy) is 2. The summed E-state index contributed by atoms with van der Waals surface area (Å²) in [7, 11) is 0.